The predicted molar refractivity (Wildman–Crippen MR) is 92.6 cm³/mol. The first-order chi connectivity index (χ1) is 11.4. The molecule has 3 aromatic rings. The lowest BCUT2D eigenvalue weighted by molar-refractivity contribution is 0.0941. The van der Waals surface area contributed by atoms with Crippen LogP contribution in [0.15, 0.2) is 42.6 Å². The van der Waals surface area contributed by atoms with E-state index in [4.69, 9.17) is 23.2 Å². The number of aromatic nitrogens is 1. The number of benzene rings is 2. The van der Waals surface area contributed by atoms with Crippen molar-refractivity contribution in [2.24, 2.45) is 0 Å². The second kappa shape index (κ2) is 6.26. The number of hydrogen-bond acceptors (Lipinski definition) is 2. The molecule has 0 radical (unpaired) electrons. The van der Waals surface area contributed by atoms with Gasteiger partial charge in [-0.2, -0.15) is 0 Å². The van der Waals surface area contributed by atoms with Crippen LogP contribution >= 0.6 is 23.2 Å². The lowest BCUT2D eigenvalue weighted by Crippen LogP contribution is -2.12. The average molecular weight is 365 g/mol. The van der Waals surface area contributed by atoms with Gasteiger partial charge in [0.15, 0.2) is 0 Å². The third-order valence-corrected chi connectivity index (χ3v) is 4.37. The minimum atomic E-state index is -0.493. The lowest BCUT2D eigenvalue weighted by atomic mass is 10.1. The predicted octanol–water partition coefficient (Wildman–Crippen LogP) is 5.00. The van der Waals surface area contributed by atoms with E-state index in [9.17, 15) is 14.0 Å². The molecule has 2 aromatic carbocycles. The van der Waals surface area contributed by atoms with Gasteiger partial charge in [-0.25, -0.2) is 4.39 Å². The lowest BCUT2D eigenvalue weighted by Gasteiger charge is -2.07. The number of anilines is 1. The summed E-state index contributed by atoms with van der Waals surface area (Å²) in [4.78, 5) is 24.3. The second-order valence-electron chi connectivity index (χ2n) is 5.15. The van der Waals surface area contributed by atoms with Gasteiger partial charge in [0.1, 0.15) is 5.82 Å². The van der Waals surface area contributed by atoms with Crippen molar-refractivity contribution in [3.8, 4) is 0 Å². The third-order valence-electron chi connectivity index (χ3n) is 3.55. The van der Waals surface area contributed by atoms with Gasteiger partial charge in [0.25, 0.3) is 5.91 Å². The number of halogens is 3. The molecule has 1 heterocycles. The molecule has 3 rings (SSSR count). The minimum absolute atomic E-state index is 0.217. The van der Waals surface area contributed by atoms with Crippen LogP contribution in [0.1, 0.15) is 22.1 Å². The molecule has 0 unspecified atom stereocenters. The van der Waals surface area contributed by atoms with Crippen LogP contribution < -0.4 is 5.32 Å². The highest BCUT2D eigenvalue weighted by molar-refractivity contribution is 6.44. The topological polar surface area (TPSA) is 51.1 Å². The molecule has 1 N–H and O–H groups in total. The summed E-state index contributed by atoms with van der Waals surface area (Å²) < 4.78 is 14.7. The van der Waals surface area contributed by atoms with E-state index in [1.54, 1.807) is 18.2 Å². The number of fused-ring (bicyclic) bond motifs is 1. The van der Waals surface area contributed by atoms with Gasteiger partial charge < -0.3 is 5.32 Å². The van der Waals surface area contributed by atoms with Crippen LogP contribution in [0, 0.1) is 5.82 Å². The molecule has 0 bridgehead atoms. The van der Waals surface area contributed by atoms with Gasteiger partial charge >= 0.3 is 0 Å². The van der Waals surface area contributed by atoms with Gasteiger partial charge in [-0.05, 0) is 30.3 Å². The number of amides is 1. The van der Waals surface area contributed by atoms with E-state index in [2.05, 4.69) is 5.32 Å². The third kappa shape index (κ3) is 2.88. The number of carbonyl (C=O) groups excluding carboxylic acids is 2. The Labute approximate surface area is 146 Å². The van der Waals surface area contributed by atoms with E-state index in [1.807, 2.05) is 0 Å². The molecule has 0 fully saturated rings. The van der Waals surface area contributed by atoms with Crippen LogP contribution in [0.4, 0.5) is 10.1 Å². The molecule has 24 heavy (non-hydrogen) atoms. The molecular formula is C17H11Cl2FN2O2. The Hall–Kier alpha value is -2.37. The highest BCUT2D eigenvalue weighted by atomic mass is 35.5. The van der Waals surface area contributed by atoms with Crippen molar-refractivity contribution in [3.63, 3.8) is 0 Å². The van der Waals surface area contributed by atoms with Gasteiger partial charge in [-0.15, -0.1) is 0 Å². The van der Waals surface area contributed by atoms with Crippen molar-refractivity contribution < 1.29 is 14.0 Å². The molecule has 4 nitrogen and oxygen atoms in total. The zero-order valence-corrected chi connectivity index (χ0v) is 14.0. The Kier molecular flexibility index (Phi) is 4.30. The van der Waals surface area contributed by atoms with Crippen molar-refractivity contribution >= 4 is 51.6 Å². The van der Waals surface area contributed by atoms with Crippen LogP contribution in [-0.2, 0) is 0 Å². The first-order valence-electron chi connectivity index (χ1n) is 6.95. The van der Waals surface area contributed by atoms with Gasteiger partial charge in [0.2, 0.25) is 5.91 Å². The van der Waals surface area contributed by atoms with Crippen LogP contribution in [0.5, 0.6) is 0 Å². The molecule has 1 aromatic heterocycles. The summed E-state index contributed by atoms with van der Waals surface area (Å²) in [6.07, 6.45) is 1.38. The Morgan fingerprint density at radius 2 is 1.92 bits per heavy atom. The molecule has 1 amide bonds. The maximum atomic E-state index is 13.5. The van der Waals surface area contributed by atoms with Crippen molar-refractivity contribution in [1.82, 2.24) is 4.57 Å². The van der Waals surface area contributed by atoms with Crippen LogP contribution in [0.25, 0.3) is 10.9 Å². The summed E-state index contributed by atoms with van der Waals surface area (Å²) in [5.41, 5.74) is 0.904. The Bertz CT molecular complexity index is 982. The normalized spacial score (nSPS) is 10.8. The molecule has 122 valence electrons. The molecular weight excluding hydrogens is 354 g/mol. The van der Waals surface area contributed by atoms with Crippen molar-refractivity contribution in [3.05, 3.63) is 64.0 Å². The van der Waals surface area contributed by atoms with E-state index >= 15 is 0 Å². The zero-order chi connectivity index (χ0) is 17.4. The Morgan fingerprint density at radius 1 is 1.17 bits per heavy atom. The zero-order valence-electron chi connectivity index (χ0n) is 12.4. The summed E-state index contributed by atoms with van der Waals surface area (Å²) in [6, 6.07) is 8.76. The molecule has 0 spiro atoms. The Balaban J connectivity index is 2.07. The molecule has 0 aliphatic rings. The van der Waals surface area contributed by atoms with Crippen molar-refractivity contribution in [1.29, 1.82) is 0 Å². The maximum absolute atomic E-state index is 13.5. The summed E-state index contributed by atoms with van der Waals surface area (Å²) in [5.74, 6) is -1.30. The SMILES string of the molecule is CC(=O)n1cc(C(=O)Nc2cccc(Cl)c2Cl)c2ccc(F)cc21. The number of rotatable bonds is 2. The monoisotopic (exact) mass is 364 g/mol. The average Bonchev–Trinajstić information content (AvgIpc) is 2.90. The highest BCUT2D eigenvalue weighted by Crippen LogP contribution is 2.30. The van der Waals surface area contributed by atoms with E-state index in [0.29, 0.717) is 21.6 Å². The van der Waals surface area contributed by atoms with Crippen molar-refractivity contribution in [2.45, 2.75) is 6.92 Å². The molecule has 0 saturated heterocycles. The van der Waals surface area contributed by atoms with Crippen molar-refractivity contribution in [2.75, 3.05) is 5.32 Å². The van der Waals surface area contributed by atoms with Gasteiger partial charge in [0, 0.05) is 18.5 Å². The first kappa shape index (κ1) is 16.5. The largest absolute Gasteiger partial charge is 0.321 e. The fraction of sp³-hybridized carbons (Fsp3) is 0.0588. The van der Waals surface area contributed by atoms with E-state index in [1.165, 1.54) is 35.9 Å². The summed E-state index contributed by atoms with van der Waals surface area (Å²) in [6.45, 7) is 1.33. The number of hydrogen-bond donors (Lipinski definition) is 1. The van der Waals surface area contributed by atoms with Crippen LogP contribution in [0.2, 0.25) is 10.0 Å². The van der Waals surface area contributed by atoms with Crippen LogP contribution in [-0.4, -0.2) is 16.4 Å². The second-order valence-corrected chi connectivity index (χ2v) is 5.93. The van der Waals surface area contributed by atoms with Gasteiger partial charge in [-0.3, -0.25) is 14.2 Å². The molecule has 7 heteroatoms. The van der Waals surface area contributed by atoms with E-state index in [0.717, 1.165) is 0 Å². The maximum Gasteiger partial charge on any atom is 0.257 e. The molecule has 0 aliphatic heterocycles. The highest BCUT2D eigenvalue weighted by Gasteiger charge is 2.18. The number of nitrogens with one attached hydrogen (secondary N) is 1. The summed E-state index contributed by atoms with van der Waals surface area (Å²) in [5, 5.41) is 3.64. The fourth-order valence-corrected chi connectivity index (χ4v) is 2.78. The molecule has 0 saturated carbocycles. The number of nitrogens with zero attached hydrogens (tertiary/aromatic N) is 1. The van der Waals surface area contributed by atoms with E-state index in [-0.39, 0.29) is 16.5 Å². The number of carbonyl (C=O) groups is 2. The molecule has 0 atom stereocenters. The summed E-state index contributed by atoms with van der Waals surface area (Å²) >= 11 is 12.0. The Morgan fingerprint density at radius 3 is 2.62 bits per heavy atom. The van der Waals surface area contributed by atoms with Gasteiger partial charge in [0.05, 0.1) is 26.8 Å². The fourth-order valence-electron chi connectivity index (χ4n) is 2.43. The molecule has 0 aliphatic carbocycles. The minimum Gasteiger partial charge on any atom is -0.321 e. The smallest absolute Gasteiger partial charge is 0.257 e. The van der Waals surface area contributed by atoms with E-state index < -0.39 is 11.7 Å². The standard InChI is InChI=1S/C17H11Cl2FN2O2/c1-9(23)22-8-12(11-6-5-10(20)7-15(11)22)17(24)21-14-4-2-3-13(18)16(14)19/h2-8H,1H3,(H,21,24). The van der Waals surface area contributed by atoms with Gasteiger partial charge in [-0.1, -0.05) is 29.3 Å². The quantitative estimate of drug-likeness (QED) is 0.695. The first-order valence-corrected chi connectivity index (χ1v) is 7.71. The summed E-state index contributed by atoms with van der Waals surface area (Å²) in [7, 11) is 0. The van der Waals surface area contributed by atoms with Crippen LogP contribution in [0.3, 0.4) is 0 Å².